The highest BCUT2D eigenvalue weighted by Gasteiger charge is 2.48. The summed E-state index contributed by atoms with van der Waals surface area (Å²) in [5, 5.41) is 0. The Labute approximate surface area is 103 Å². The molecule has 1 saturated heterocycles. The highest BCUT2D eigenvalue weighted by atomic mass is 16.8. The molecule has 92 valence electrons. The molecule has 0 amide bonds. The van der Waals surface area contributed by atoms with Crippen molar-refractivity contribution in [1.29, 1.82) is 0 Å². The molecule has 2 aliphatic rings. The normalized spacial score (nSPS) is 31.2. The molecule has 1 aliphatic heterocycles. The van der Waals surface area contributed by atoms with Gasteiger partial charge in [0.2, 0.25) is 0 Å². The van der Waals surface area contributed by atoms with Gasteiger partial charge >= 0.3 is 0 Å². The first kappa shape index (κ1) is 11.2. The minimum absolute atomic E-state index is 0.106. The van der Waals surface area contributed by atoms with Gasteiger partial charge in [-0.3, -0.25) is 0 Å². The lowest BCUT2D eigenvalue weighted by molar-refractivity contribution is -0.168. The average molecular weight is 232 g/mol. The summed E-state index contributed by atoms with van der Waals surface area (Å²) < 4.78 is 12.4. The van der Waals surface area contributed by atoms with Gasteiger partial charge in [-0.2, -0.15) is 0 Å². The Bertz CT molecular complexity index is 407. The van der Waals surface area contributed by atoms with Crippen molar-refractivity contribution in [3.8, 4) is 0 Å². The molecule has 2 heteroatoms. The molecule has 2 fully saturated rings. The fourth-order valence-corrected chi connectivity index (χ4v) is 3.13. The van der Waals surface area contributed by atoms with E-state index in [1.165, 1.54) is 24.0 Å². The van der Waals surface area contributed by atoms with Gasteiger partial charge in [-0.25, -0.2) is 0 Å². The van der Waals surface area contributed by atoms with Crippen molar-refractivity contribution < 1.29 is 9.47 Å². The van der Waals surface area contributed by atoms with E-state index in [4.69, 9.17) is 9.47 Å². The Morgan fingerprint density at radius 2 is 1.82 bits per heavy atom. The molecule has 17 heavy (non-hydrogen) atoms. The summed E-state index contributed by atoms with van der Waals surface area (Å²) in [6, 6.07) is 8.46. The van der Waals surface area contributed by atoms with Gasteiger partial charge in [0.05, 0.1) is 6.10 Å². The largest absolute Gasteiger partial charge is 0.344 e. The van der Waals surface area contributed by atoms with Crippen LogP contribution < -0.4 is 0 Å². The topological polar surface area (TPSA) is 18.5 Å². The Hall–Kier alpha value is -0.860. The Morgan fingerprint density at radius 1 is 1.12 bits per heavy atom. The SMILES string of the molecule is Cc1ccccc1[C@@H]1OC2(CCCC2)O[C@H]1C. The van der Waals surface area contributed by atoms with Crippen LogP contribution in [0.2, 0.25) is 0 Å². The number of hydrogen-bond acceptors (Lipinski definition) is 2. The summed E-state index contributed by atoms with van der Waals surface area (Å²) in [6.07, 6.45) is 4.84. The summed E-state index contributed by atoms with van der Waals surface area (Å²) in [5.41, 5.74) is 2.58. The standard InChI is InChI=1S/C15H20O2/c1-11-7-3-4-8-13(11)14-12(2)16-15(17-14)9-5-6-10-15/h3-4,7-8,12,14H,5-6,9-10H2,1-2H3/t12-,14+/m0/s1. The van der Waals surface area contributed by atoms with E-state index in [1.54, 1.807) is 0 Å². The number of aryl methyl sites for hydroxylation is 1. The van der Waals surface area contributed by atoms with E-state index < -0.39 is 0 Å². The van der Waals surface area contributed by atoms with E-state index >= 15 is 0 Å². The van der Waals surface area contributed by atoms with Crippen LogP contribution in [0.4, 0.5) is 0 Å². The Kier molecular flexibility index (Phi) is 2.72. The van der Waals surface area contributed by atoms with Crippen LogP contribution in [0.3, 0.4) is 0 Å². The Morgan fingerprint density at radius 3 is 2.53 bits per heavy atom. The molecule has 0 aromatic heterocycles. The lowest BCUT2D eigenvalue weighted by atomic mass is 10.0. The second kappa shape index (κ2) is 4.11. The third kappa shape index (κ3) is 1.90. The molecule has 1 aromatic carbocycles. The summed E-state index contributed by atoms with van der Waals surface area (Å²) in [6.45, 7) is 4.27. The number of benzene rings is 1. The number of rotatable bonds is 1. The summed E-state index contributed by atoms with van der Waals surface area (Å²) in [4.78, 5) is 0. The molecule has 1 aliphatic carbocycles. The second-order valence-electron chi connectivity index (χ2n) is 5.34. The van der Waals surface area contributed by atoms with E-state index in [0.29, 0.717) is 0 Å². The van der Waals surface area contributed by atoms with Gasteiger partial charge in [0, 0.05) is 12.8 Å². The van der Waals surface area contributed by atoms with Gasteiger partial charge in [-0.05, 0) is 37.8 Å². The van der Waals surface area contributed by atoms with Crippen molar-refractivity contribution in [2.75, 3.05) is 0 Å². The lowest BCUT2D eigenvalue weighted by Crippen LogP contribution is -2.26. The number of ether oxygens (including phenoxy) is 2. The molecule has 0 bridgehead atoms. The molecule has 1 saturated carbocycles. The van der Waals surface area contributed by atoms with Crippen molar-refractivity contribution in [2.45, 2.75) is 57.5 Å². The molecular formula is C15H20O2. The third-order valence-corrected chi connectivity index (χ3v) is 4.03. The molecule has 1 spiro atoms. The van der Waals surface area contributed by atoms with E-state index in [2.05, 4.69) is 38.1 Å². The lowest BCUT2D eigenvalue weighted by Gasteiger charge is -2.22. The third-order valence-electron chi connectivity index (χ3n) is 4.03. The van der Waals surface area contributed by atoms with Gasteiger partial charge in [0.15, 0.2) is 5.79 Å². The quantitative estimate of drug-likeness (QED) is 0.734. The van der Waals surface area contributed by atoms with E-state index in [-0.39, 0.29) is 18.0 Å². The molecule has 1 aromatic rings. The van der Waals surface area contributed by atoms with Crippen molar-refractivity contribution >= 4 is 0 Å². The maximum atomic E-state index is 6.27. The van der Waals surface area contributed by atoms with Gasteiger partial charge in [-0.1, -0.05) is 24.3 Å². The fraction of sp³-hybridized carbons (Fsp3) is 0.600. The maximum absolute atomic E-state index is 6.27. The highest BCUT2D eigenvalue weighted by molar-refractivity contribution is 5.29. The molecule has 2 atom stereocenters. The molecule has 0 unspecified atom stereocenters. The van der Waals surface area contributed by atoms with Crippen LogP contribution in [-0.2, 0) is 9.47 Å². The van der Waals surface area contributed by atoms with Crippen molar-refractivity contribution in [2.24, 2.45) is 0 Å². The van der Waals surface area contributed by atoms with Gasteiger partial charge < -0.3 is 9.47 Å². The predicted octanol–water partition coefficient (Wildman–Crippen LogP) is 3.74. The maximum Gasteiger partial charge on any atom is 0.169 e. The fourth-order valence-electron chi connectivity index (χ4n) is 3.13. The van der Waals surface area contributed by atoms with Crippen molar-refractivity contribution in [3.63, 3.8) is 0 Å². The van der Waals surface area contributed by atoms with Crippen LogP contribution in [0.5, 0.6) is 0 Å². The van der Waals surface area contributed by atoms with Gasteiger partial charge in [0.25, 0.3) is 0 Å². The number of hydrogen-bond donors (Lipinski definition) is 0. The summed E-state index contributed by atoms with van der Waals surface area (Å²) in [5.74, 6) is -0.271. The zero-order valence-corrected chi connectivity index (χ0v) is 10.6. The van der Waals surface area contributed by atoms with Crippen LogP contribution in [0.1, 0.15) is 49.8 Å². The van der Waals surface area contributed by atoms with Crippen molar-refractivity contribution in [1.82, 2.24) is 0 Å². The zero-order chi connectivity index (χ0) is 11.9. The highest BCUT2D eigenvalue weighted by Crippen LogP contribution is 2.47. The first-order valence-corrected chi connectivity index (χ1v) is 6.61. The summed E-state index contributed by atoms with van der Waals surface area (Å²) >= 11 is 0. The molecule has 1 heterocycles. The second-order valence-corrected chi connectivity index (χ2v) is 5.34. The molecular weight excluding hydrogens is 212 g/mol. The predicted molar refractivity (Wildman–Crippen MR) is 66.8 cm³/mol. The minimum atomic E-state index is -0.271. The smallest absolute Gasteiger partial charge is 0.169 e. The van der Waals surface area contributed by atoms with Crippen LogP contribution in [0, 0.1) is 6.92 Å². The average Bonchev–Trinajstić information content (AvgIpc) is 2.88. The van der Waals surface area contributed by atoms with Crippen LogP contribution >= 0.6 is 0 Å². The van der Waals surface area contributed by atoms with E-state index in [9.17, 15) is 0 Å². The zero-order valence-electron chi connectivity index (χ0n) is 10.6. The van der Waals surface area contributed by atoms with Gasteiger partial charge in [-0.15, -0.1) is 0 Å². The molecule has 0 N–H and O–H groups in total. The van der Waals surface area contributed by atoms with E-state index in [0.717, 1.165) is 12.8 Å². The molecule has 2 nitrogen and oxygen atoms in total. The van der Waals surface area contributed by atoms with Crippen LogP contribution in [0.25, 0.3) is 0 Å². The summed E-state index contributed by atoms with van der Waals surface area (Å²) in [7, 11) is 0. The van der Waals surface area contributed by atoms with E-state index in [1.807, 2.05) is 0 Å². The monoisotopic (exact) mass is 232 g/mol. The first-order valence-electron chi connectivity index (χ1n) is 6.61. The van der Waals surface area contributed by atoms with Crippen molar-refractivity contribution in [3.05, 3.63) is 35.4 Å². The molecule has 0 radical (unpaired) electrons. The van der Waals surface area contributed by atoms with Crippen LogP contribution in [0.15, 0.2) is 24.3 Å². The molecule has 3 rings (SSSR count). The minimum Gasteiger partial charge on any atom is -0.344 e. The van der Waals surface area contributed by atoms with Gasteiger partial charge in [0.1, 0.15) is 6.10 Å². The first-order chi connectivity index (χ1) is 8.20. The van der Waals surface area contributed by atoms with Crippen LogP contribution in [-0.4, -0.2) is 11.9 Å². The Balaban J connectivity index is 1.87.